The highest BCUT2D eigenvalue weighted by molar-refractivity contribution is 6.36. The lowest BCUT2D eigenvalue weighted by Gasteiger charge is -2.14. The molecule has 0 fully saturated rings. The molecular weight excluding hydrogens is 344 g/mol. The third kappa shape index (κ3) is 4.43. The number of hydrogen-bond donors (Lipinski definition) is 1. The van der Waals surface area contributed by atoms with Gasteiger partial charge in [0, 0.05) is 5.02 Å². The molecule has 2 aromatic carbocycles. The van der Waals surface area contributed by atoms with Crippen LogP contribution in [0.2, 0.25) is 10.0 Å². The Morgan fingerprint density at radius 3 is 2.52 bits per heavy atom. The Bertz CT molecular complexity index is 752. The second-order valence-corrected chi connectivity index (χ2v) is 5.48. The molecule has 7 heteroatoms. The van der Waals surface area contributed by atoms with Crippen molar-refractivity contribution in [2.24, 2.45) is 0 Å². The summed E-state index contributed by atoms with van der Waals surface area (Å²) < 4.78 is 18.5. The Labute approximate surface area is 142 Å². The first-order valence-corrected chi connectivity index (χ1v) is 7.35. The van der Waals surface area contributed by atoms with Gasteiger partial charge in [-0.3, -0.25) is 4.79 Å². The molecule has 2 aromatic rings. The number of anilines is 1. The predicted octanol–water partition coefficient (Wildman–Crippen LogP) is 4.32. The van der Waals surface area contributed by atoms with Crippen molar-refractivity contribution in [1.82, 2.24) is 0 Å². The Morgan fingerprint density at radius 1 is 1.17 bits per heavy atom. The molecule has 23 heavy (non-hydrogen) atoms. The largest absolute Gasteiger partial charge is 0.449 e. The van der Waals surface area contributed by atoms with Crippen LogP contribution in [0.25, 0.3) is 0 Å². The second-order valence-electron chi connectivity index (χ2n) is 4.64. The van der Waals surface area contributed by atoms with E-state index in [4.69, 9.17) is 27.9 Å². The van der Waals surface area contributed by atoms with Gasteiger partial charge in [-0.1, -0.05) is 35.3 Å². The number of carbonyl (C=O) groups is 2. The van der Waals surface area contributed by atoms with Crippen LogP contribution in [0.1, 0.15) is 17.3 Å². The van der Waals surface area contributed by atoms with E-state index in [0.717, 1.165) is 0 Å². The average molecular weight is 356 g/mol. The van der Waals surface area contributed by atoms with E-state index in [1.807, 2.05) is 0 Å². The fourth-order valence-electron chi connectivity index (χ4n) is 1.73. The van der Waals surface area contributed by atoms with E-state index < -0.39 is 23.8 Å². The maximum Gasteiger partial charge on any atom is 0.340 e. The zero-order chi connectivity index (χ0) is 17.0. The fraction of sp³-hybridized carbons (Fsp3) is 0.125. The first kappa shape index (κ1) is 17.2. The number of halogens is 3. The maximum atomic E-state index is 13.5. The quantitative estimate of drug-likeness (QED) is 0.831. The Balaban J connectivity index is 2.03. The van der Waals surface area contributed by atoms with Gasteiger partial charge >= 0.3 is 5.97 Å². The van der Waals surface area contributed by atoms with Crippen molar-refractivity contribution in [1.29, 1.82) is 0 Å². The zero-order valence-electron chi connectivity index (χ0n) is 12.0. The molecule has 0 bridgehead atoms. The Morgan fingerprint density at radius 2 is 1.87 bits per heavy atom. The molecule has 0 unspecified atom stereocenters. The highest BCUT2D eigenvalue weighted by Crippen LogP contribution is 2.22. The number of hydrogen-bond acceptors (Lipinski definition) is 3. The summed E-state index contributed by atoms with van der Waals surface area (Å²) in [5.41, 5.74) is 0.0894. The first-order chi connectivity index (χ1) is 10.9. The lowest BCUT2D eigenvalue weighted by molar-refractivity contribution is -0.123. The monoisotopic (exact) mass is 355 g/mol. The number of amides is 1. The first-order valence-electron chi connectivity index (χ1n) is 6.60. The molecule has 1 N–H and O–H groups in total. The van der Waals surface area contributed by atoms with E-state index in [0.29, 0.717) is 5.02 Å². The topological polar surface area (TPSA) is 55.4 Å². The molecular formula is C16H12Cl2FNO3. The zero-order valence-corrected chi connectivity index (χ0v) is 13.5. The van der Waals surface area contributed by atoms with Gasteiger partial charge in [0.15, 0.2) is 6.10 Å². The summed E-state index contributed by atoms with van der Waals surface area (Å²) in [7, 11) is 0. The van der Waals surface area contributed by atoms with Gasteiger partial charge in [-0.15, -0.1) is 0 Å². The number of esters is 1. The van der Waals surface area contributed by atoms with E-state index in [1.165, 1.54) is 43.3 Å². The molecule has 0 aliphatic rings. The highest BCUT2D eigenvalue weighted by Gasteiger charge is 2.21. The van der Waals surface area contributed by atoms with Crippen molar-refractivity contribution >= 4 is 40.8 Å². The van der Waals surface area contributed by atoms with Crippen LogP contribution >= 0.6 is 23.2 Å². The van der Waals surface area contributed by atoms with Crippen LogP contribution in [0.4, 0.5) is 10.1 Å². The SMILES string of the molecule is C[C@@H](OC(=O)c1ccc(Cl)cc1Cl)C(=O)Nc1ccccc1F. The molecule has 1 atom stereocenters. The summed E-state index contributed by atoms with van der Waals surface area (Å²) in [6.07, 6.45) is -1.13. The number of ether oxygens (including phenoxy) is 1. The number of rotatable bonds is 4. The van der Waals surface area contributed by atoms with E-state index in [2.05, 4.69) is 5.32 Å². The van der Waals surface area contributed by atoms with Gasteiger partial charge in [-0.05, 0) is 37.3 Å². The van der Waals surface area contributed by atoms with Crippen LogP contribution in [0.3, 0.4) is 0 Å². The number of para-hydroxylation sites is 1. The highest BCUT2D eigenvalue weighted by atomic mass is 35.5. The van der Waals surface area contributed by atoms with Crippen LogP contribution < -0.4 is 5.32 Å². The van der Waals surface area contributed by atoms with Crippen molar-refractivity contribution in [2.45, 2.75) is 13.0 Å². The van der Waals surface area contributed by atoms with Gasteiger partial charge in [0.2, 0.25) is 0 Å². The lowest BCUT2D eigenvalue weighted by Crippen LogP contribution is -2.30. The third-order valence-electron chi connectivity index (χ3n) is 2.94. The number of carbonyl (C=O) groups excluding carboxylic acids is 2. The van der Waals surface area contributed by atoms with E-state index >= 15 is 0 Å². The fourth-order valence-corrected chi connectivity index (χ4v) is 2.22. The van der Waals surface area contributed by atoms with Crippen molar-refractivity contribution in [3.05, 3.63) is 63.9 Å². The molecule has 120 valence electrons. The molecule has 0 aromatic heterocycles. The minimum Gasteiger partial charge on any atom is -0.449 e. The summed E-state index contributed by atoms with van der Waals surface area (Å²) in [4.78, 5) is 24.0. The molecule has 0 aliphatic carbocycles. The Kier molecular flexibility index (Phi) is 5.58. The van der Waals surface area contributed by atoms with Gasteiger partial charge in [-0.25, -0.2) is 9.18 Å². The smallest absolute Gasteiger partial charge is 0.340 e. The van der Waals surface area contributed by atoms with Crippen LogP contribution in [0, 0.1) is 5.82 Å². The van der Waals surface area contributed by atoms with Crippen LogP contribution in [0.5, 0.6) is 0 Å². The van der Waals surface area contributed by atoms with Gasteiger partial charge in [0.25, 0.3) is 5.91 Å². The third-order valence-corrected chi connectivity index (χ3v) is 3.48. The molecule has 0 heterocycles. The summed E-state index contributed by atoms with van der Waals surface area (Å²) in [6.45, 7) is 1.37. The van der Waals surface area contributed by atoms with E-state index in [1.54, 1.807) is 6.07 Å². The van der Waals surface area contributed by atoms with Crippen molar-refractivity contribution in [2.75, 3.05) is 5.32 Å². The molecule has 1 amide bonds. The molecule has 2 rings (SSSR count). The molecule has 0 saturated carbocycles. The molecule has 0 radical (unpaired) electrons. The van der Waals surface area contributed by atoms with Gasteiger partial charge in [0.05, 0.1) is 16.3 Å². The standard InChI is InChI=1S/C16H12Cl2FNO3/c1-9(15(21)20-14-5-3-2-4-13(14)19)23-16(22)11-7-6-10(17)8-12(11)18/h2-9H,1H3,(H,20,21)/t9-/m1/s1. The van der Waals surface area contributed by atoms with Gasteiger partial charge in [0.1, 0.15) is 5.82 Å². The van der Waals surface area contributed by atoms with E-state index in [-0.39, 0.29) is 16.3 Å². The summed E-state index contributed by atoms with van der Waals surface area (Å²) in [5, 5.41) is 2.83. The molecule has 0 saturated heterocycles. The molecule has 0 spiro atoms. The normalized spacial score (nSPS) is 11.7. The van der Waals surface area contributed by atoms with E-state index in [9.17, 15) is 14.0 Å². The number of nitrogens with one attached hydrogen (secondary N) is 1. The van der Waals surface area contributed by atoms with Crippen molar-refractivity contribution < 1.29 is 18.7 Å². The summed E-state index contributed by atoms with van der Waals surface area (Å²) in [5.74, 6) is -2.02. The van der Waals surface area contributed by atoms with Crippen molar-refractivity contribution in [3.8, 4) is 0 Å². The second kappa shape index (κ2) is 7.44. The molecule has 0 aliphatic heterocycles. The maximum absolute atomic E-state index is 13.5. The molecule has 4 nitrogen and oxygen atoms in total. The number of benzene rings is 2. The predicted molar refractivity (Wildman–Crippen MR) is 86.4 cm³/mol. The van der Waals surface area contributed by atoms with Crippen molar-refractivity contribution in [3.63, 3.8) is 0 Å². The van der Waals surface area contributed by atoms with Gasteiger partial charge in [-0.2, -0.15) is 0 Å². The minimum absolute atomic E-state index is 0.00456. The van der Waals surface area contributed by atoms with Crippen LogP contribution in [-0.4, -0.2) is 18.0 Å². The average Bonchev–Trinajstić information content (AvgIpc) is 2.49. The minimum atomic E-state index is -1.13. The summed E-state index contributed by atoms with van der Waals surface area (Å²) in [6, 6.07) is 9.95. The summed E-state index contributed by atoms with van der Waals surface area (Å²) >= 11 is 11.6. The Hall–Kier alpha value is -2.11. The lowest BCUT2D eigenvalue weighted by atomic mass is 10.2. The van der Waals surface area contributed by atoms with Crippen LogP contribution in [0.15, 0.2) is 42.5 Å². The van der Waals surface area contributed by atoms with Crippen LogP contribution in [-0.2, 0) is 9.53 Å². The van der Waals surface area contributed by atoms with Gasteiger partial charge < -0.3 is 10.1 Å².